The van der Waals surface area contributed by atoms with Gasteiger partial charge in [-0.25, -0.2) is 13.1 Å². The summed E-state index contributed by atoms with van der Waals surface area (Å²) in [5.41, 5.74) is 6.14. The Balaban J connectivity index is 2.64. The molecular formula is C12H17N3O2S. The molecule has 0 aliphatic heterocycles. The summed E-state index contributed by atoms with van der Waals surface area (Å²) >= 11 is 0. The van der Waals surface area contributed by atoms with E-state index in [-0.39, 0.29) is 11.3 Å². The van der Waals surface area contributed by atoms with Gasteiger partial charge in [0.15, 0.2) is 0 Å². The summed E-state index contributed by atoms with van der Waals surface area (Å²) in [6, 6.07) is 8.34. The van der Waals surface area contributed by atoms with Crippen molar-refractivity contribution in [1.82, 2.24) is 4.72 Å². The van der Waals surface area contributed by atoms with Gasteiger partial charge in [-0.15, -0.1) is 0 Å². The average Bonchev–Trinajstić information content (AvgIpc) is 2.36. The quantitative estimate of drug-likeness (QED) is 0.713. The van der Waals surface area contributed by atoms with Crippen molar-refractivity contribution in [2.24, 2.45) is 5.73 Å². The lowest BCUT2D eigenvalue weighted by Gasteiger charge is -2.06. The minimum absolute atomic E-state index is 0.219. The van der Waals surface area contributed by atoms with Crippen LogP contribution in [0.25, 0.3) is 0 Å². The zero-order chi connectivity index (χ0) is 13.4. The van der Waals surface area contributed by atoms with Crippen LogP contribution < -0.4 is 10.5 Å². The molecule has 0 atom stereocenters. The second-order valence-corrected chi connectivity index (χ2v) is 5.64. The summed E-state index contributed by atoms with van der Waals surface area (Å²) in [6.45, 7) is 0.948. The Hall–Kier alpha value is -1.42. The highest BCUT2D eigenvalue weighted by Crippen LogP contribution is 2.10. The maximum absolute atomic E-state index is 11.9. The Morgan fingerprint density at radius 1 is 1.22 bits per heavy atom. The number of hydrogen-bond acceptors (Lipinski definition) is 4. The number of nitriles is 1. The molecule has 0 aromatic heterocycles. The third kappa shape index (κ3) is 4.45. The Morgan fingerprint density at radius 3 is 2.44 bits per heavy atom. The van der Waals surface area contributed by atoms with Gasteiger partial charge in [0.2, 0.25) is 10.0 Å². The van der Waals surface area contributed by atoms with E-state index in [9.17, 15) is 8.42 Å². The lowest BCUT2D eigenvalue weighted by Crippen LogP contribution is -2.25. The minimum Gasteiger partial charge on any atom is -0.330 e. The van der Waals surface area contributed by atoms with Gasteiger partial charge >= 0.3 is 0 Å². The molecule has 1 aromatic rings. The fourth-order valence-corrected chi connectivity index (χ4v) is 2.51. The van der Waals surface area contributed by atoms with Crippen LogP contribution in [0.3, 0.4) is 0 Å². The maximum Gasteiger partial charge on any atom is 0.240 e. The maximum atomic E-state index is 11.9. The molecule has 0 spiro atoms. The Kier molecular flexibility index (Phi) is 5.78. The summed E-state index contributed by atoms with van der Waals surface area (Å²) in [5, 5.41) is 8.52. The van der Waals surface area contributed by atoms with E-state index >= 15 is 0 Å². The van der Waals surface area contributed by atoms with E-state index in [4.69, 9.17) is 11.0 Å². The topological polar surface area (TPSA) is 96.0 Å². The highest BCUT2D eigenvalue weighted by molar-refractivity contribution is 7.89. The van der Waals surface area contributed by atoms with Gasteiger partial charge < -0.3 is 5.73 Å². The number of benzene rings is 1. The number of nitrogens with two attached hydrogens (primary N) is 1. The average molecular weight is 267 g/mol. The summed E-state index contributed by atoms with van der Waals surface area (Å²) < 4.78 is 26.2. The van der Waals surface area contributed by atoms with Crippen LogP contribution in [-0.4, -0.2) is 21.5 Å². The highest BCUT2D eigenvalue weighted by atomic mass is 32.2. The van der Waals surface area contributed by atoms with Gasteiger partial charge in [-0.3, -0.25) is 0 Å². The SMILES string of the molecule is N#CCc1ccc(S(=O)(=O)NCCCCN)cc1. The van der Waals surface area contributed by atoms with Crippen molar-refractivity contribution in [3.63, 3.8) is 0 Å². The van der Waals surface area contributed by atoms with Gasteiger partial charge in [-0.2, -0.15) is 5.26 Å². The second-order valence-electron chi connectivity index (χ2n) is 3.87. The second kappa shape index (κ2) is 7.11. The molecule has 0 fully saturated rings. The van der Waals surface area contributed by atoms with Crippen molar-refractivity contribution in [1.29, 1.82) is 5.26 Å². The lowest BCUT2D eigenvalue weighted by atomic mass is 10.2. The smallest absolute Gasteiger partial charge is 0.240 e. The van der Waals surface area contributed by atoms with Crippen LogP contribution in [0, 0.1) is 11.3 Å². The standard InChI is InChI=1S/C12H17N3O2S/c13-8-1-2-10-15-18(16,17)12-5-3-11(4-6-12)7-9-14/h3-6,15H,1-2,7-8,10,13H2. The minimum atomic E-state index is -3.45. The highest BCUT2D eigenvalue weighted by Gasteiger charge is 2.12. The Labute approximate surface area is 108 Å². The summed E-state index contributed by atoms with van der Waals surface area (Å²) in [5.74, 6) is 0. The first-order chi connectivity index (χ1) is 8.60. The Morgan fingerprint density at radius 2 is 1.89 bits per heavy atom. The fourth-order valence-electron chi connectivity index (χ4n) is 1.44. The van der Waals surface area contributed by atoms with E-state index in [0.29, 0.717) is 13.1 Å². The largest absolute Gasteiger partial charge is 0.330 e. The molecule has 5 nitrogen and oxygen atoms in total. The van der Waals surface area contributed by atoms with Crippen LogP contribution in [0.2, 0.25) is 0 Å². The third-order valence-corrected chi connectivity index (χ3v) is 3.92. The summed E-state index contributed by atoms with van der Waals surface area (Å²) in [4.78, 5) is 0.219. The van der Waals surface area contributed by atoms with Crippen LogP contribution in [0.4, 0.5) is 0 Å². The van der Waals surface area contributed by atoms with Crippen LogP contribution in [0.15, 0.2) is 29.2 Å². The molecule has 0 unspecified atom stereocenters. The van der Waals surface area contributed by atoms with E-state index in [1.165, 1.54) is 12.1 Å². The molecule has 6 heteroatoms. The van der Waals surface area contributed by atoms with Crippen molar-refractivity contribution in [2.75, 3.05) is 13.1 Å². The van der Waals surface area contributed by atoms with Crippen LogP contribution in [0.1, 0.15) is 18.4 Å². The number of unbranched alkanes of at least 4 members (excludes halogenated alkanes) is 1. The van der Waals surface area contributed by atoms with E-state index in [0.717, 1.165) is 18.4 Å². The fraction of sp³-hybridized carbons (Fsp3) is 0.417. The zero-order valence-electron chi connectivity index (χ0n) is 10.1. The first-order valence-corrected chi connectivity index (χ1v) is 7.24. The first kappa shape index (κ1) is 14.6. The van der Waals surface area contributed by atoms with Crippen LogP contribution in [-0.2, 0) is 16.4 Å². The van der Waals surface area contributed by atoms with Gasteiger partial charge in [0, 0.05) is 6.54 Å². The molecule has 18 heavy (non-hydrogen) atoms. The zero-order valence-corrected chi connectivity index (χ0v) is 10.9. The summed E-state index contributed by atoms with van der Waals surface area (Å²) in [7, 11) is -3.45. The monoisotopic (exact) mass is 267 g/mol. The molecule has 0 bridgehead atoms. The number of nitrogens with one attached hydrogen (secondary N) is 1. The lowest BCUT2D eigenvalue weighted by molar-refractivity contribution is 0.577. The number of hydrogen-bond donors (Lipinski definition) is 2. The molecule has 0 saturated carbocycles. The molecule has 0 amide bonds. The van der Waals surface area contributed by atoms with Gasteiger partial charge in [-0.1, -0.05) is 12.1 Å². The van der Waals surface area contributed by atoms with Gasteiger partial charge in [0.05, 0.1) is 17.4 Å². The van der Waals surface area contributed by atoms with Gasteiger partial charge in [0.25, 0.3) is 0 Å². The van der Waals surface area contributed by atoms with Crippen molar-refractivity contribution in [3.8, 4) is 6.07 Å². The van der Waals surface area contributed by atoms with Crippen molar-refractivity contribution in [2.45, 2.75) is 24.2 Å². The molecule has 1 rings (SSSR count). The van der Waals surface area contributed by atoms with E-state index in [1.807, 2.05) is 6.07 Å². The van der Waals surface area contributed by atoms with Crippen LogP contribution >= 0.6 is 0 Å². The van der Waals surface area contributed by atoms with Crippen LogP contribution in [0.5, 0.6) is 0 Å². The van der Waals surface area contributed by atoms with E-state index < -0.39 is 10.0 Å². The third-order valence-electron chi connectivity index (χ3n) is 2.44. The van der Waals surface area contributed by atoms with Crippen molar-refractivity contribution in [3.05, 3.63) is 29.8 Å². The molecular weight excluding hydrogens is 250 g/mol. The molecule has 3 N–H and O–H groups in total. The van der Waals surface area contributed by atoms with Gasteiger partial charge in [-0.05, 0) is 37.1 Å². The number of rotatable bonds is 7. The molecule has 0 saturated heterocycles. The molecule has 1 aromatic carbocycles. The molecule has 0 heterocycles. The van der Waals surface area contributed by atoms with E-state index in [2.05, 4.69) is 4.72 Å². The number of sulfonamides is 1. The molecule has 0 radical (unpaired) electrons. The van der Waals surface area contributed by atoms with Gasteiger partial charge in [0.1, 0.15) is 0 Å². The predicted octanol–water partition coefficient (Wildman–Crippen LogP) is 0.770. The summed E-state index contributed by atoms with van der Waals surface area (Å²) in [6.07, 6.45) is 1.80. The van der Waals surface area contributed by atoms with Crippen molar-refractivity contribution >= 4 is 10.0 Å². The molecule has 0 aliphatic carbocycles. The Bertz CT molecular complexity index is 503. The predicted molar refractivity (Wildman–Crippen MR) is 69.2 cm³/mol. The first-order valence-electron chi connectivity index (χ1n) is 5.76. The molecule has 98 valence electrons. The number of nitrogens with zero attached hydrogens (tertiary/aromatic N) is 1. The molecule has 0 aliphatic rings. The van der Waals surface area contributed by atoms with E-state index in [1.54, 1.807) is 12.1 Å². The van der Waals surface area contributed by atoms with Crippen molar-refractivity contribution < 1.29 is 8.42 Å². The normalized spacial score (nSPS) is 11.1.